The fourth-order valence-electron chi connectivity index (χ4n) is 3.15. The molecule has 26 heavy (non-hydrogen) atoms. The molecule has 4 rings (SSSR count). The minimum atomic E-state index is -0.0438. The van der Waals surface area contributed by atoms with Crippen molar-refractivity contribution in [1.29, 1.82) is 0 Å². The highest BCUT2D eigenvalue weighted by Crippen LogP contribution is 2.14. The molecule has 0 spiro atoms. The predicted octanol–water partition coefficient (Wildman–Crippen LogP) is 1.88. The van der Waals surface area contributed by atoms with Crippen molar-refractivity contribution < 1.29 is 9.21 Å². The number of pyridine rings is 1. The molecule has 1 amide bonds. The predicted molar refractivity (Wildman–Crippen MR) is 95.5 cm³/mol. The van der Waals surface area contributed by atoms with E-state index in [2.05, 4.69) is 21.0 Å². The van der Waals surface area contributed by atoms with Gasteiger partial charge in [-0.3, -0.25) is 19.4 Å². The average Bonchev–Trinajstić information content (AvgIpc) is 3.35. The van der Waals surface area contributed by atoms with Gasteiger partial charge in [0.25, 0.3) is 5.91 Å². The summed E-state index contributed by atoms with van der Waals surface area (Å²) in [7, 11) is 0. The van der Waals surface area contributed by atoms with Crippen LogP contribution in [0.25, 0.3) is 0 Å². The first kappa shape index (κ1) is 16.5. The first-order valence-electron chi connectivity index (χ1n) is 8.74. The van der Waals surface area contributed by atoms with Crippen LogP contribution >= 0.6 is 0 Å². The van der Waals surface area contributed by atoms with Gasteiger partial charge in [-0.1, -0.05) is 6.07 Å². The number of hydrogen-bond acceptors (Lipinski definition) is 5. The lowest BCUT2D eigenvalue weighted by molar-refractivity contribution is 0.0595. The lowest BCUT2D eigenvalue weighted by atomic mass is 10.2. The highest BCUT2D eigenvalue weighted by Gasteiger charge is 2.24. The maximum Gasteiger partial charge on any atom is 0.289 e. The second-order valence-electron chi connectivity index (χ2n) is 6.40. The van der Waals surface area contributed by atoms with E-state index in [1.54, 1.807) is 23.1 Å². The summed E-state index contributed by atoms with van der Waals surface area (Å²) in [5, 5.41) is 4.15. The van der Waals surface area contributed by atoms with E-state index in [-0.39, 0.29) is 5.91 Å². The van der Waals surface area contributed by atoms with Gasteiger partial charge in [0.15, 0.2) is 5.76 Å². The third-order valence-corrected chi connectivity index (χ3v) is 4.54. The normalized spacial score (nSPS) is 15.3. The van der Waals surface area contributed by atoms with Gasteiger partial charge in [-0.05, 0) is 29.8 Å². The Labute approximate surface area is 151 Å². The van der Waals surface area contributed by atoms with Crippen molar-refractivity contribution in [1.82, 2.24) is 24.6 Å². The maximum absolute atomic E-state index is 12.7. The third-order valence-electron chi connectivity index (χ3n) is 4.54. The van der Waals surface area contributed by atoms with Gasteiger partial charge < -0.3 is 9.32 Å². The number of carbonyl (C=O) groups excluding carboxylic acids is 1. The Morgan fingerprint density at radius 2 is 1.92 bits per heavy atom. The molecule has 134 valence electrons. The molecule has 1 fully saturated rings. The van der Waals surface area contributed by atoms with E-state index in [4.69, 9.17) is 4.42 Å². The first-order valence-corrected chi connectivity index (χ1v) is 8.74. The number of furan rings is 1. The summed E-state index contributed by atoms with van der Waals surface area (Å²) in [4.78, 5) is 21.0. The Hall–Kier alpha value is -2.93. The van der Waals surface area contributed by atoms with Gasteiger partial charge in [-0.25, -0.2) is 0 Å². The summed E-state index contributed by atoms with van der Waals surface area (Å²) >= 11 is 0. The molecule has 4 heterocycles. The minimum absolute atomic E-state index is 0.0438. The van der Waals surface area contributed by atoms with E-state index in [9.17, 15) is 4.79 Å². The van der Waals surface area contributed by atoms with Gasteiger partial charge >= 0.3 is 0 Å². The van der Waals surface area contributed by atoms with E-state index in [0.717, 1.165) is 25.4 Å². The van der Waals surface area contributed by atoms with Gasteiger partial charge in [-0.15, -0.1) is 0 Å². The highest BCUT2D eigenvalue weighted by molar-refractivity contribution is 5.91. The molecule has 0 saturated carbocycles. The molecule has 7 heteroatoms. The van der Waals surface area contributed by atoms with Crippen LogP contribution in [0.1, 0.15) is 21.9 Å². The summed E-state index contributed by atoms with van der Waals surface area (Å²) in [5.41, 5.74) is 1.20. The van der Waals surface area contributed by atoms with E-state index in [1.165, 1.54) is 5.56 Å². The van der Waals surface area contributed by atoms with E-state index in [0.29, 0.717) is 25.4 Å². The fourth-order valence-corrected chi connectivity index (χ4v) is 3.15. The first-order chi connectivity index (χ1) is 12.8. The van der Waals surface area contributed by atoms with E-state index >= 15 is 0 Å². The number of rotatable bonds is 5. The van der Waals surface area contributed by atoms with Crippen LogP contribution in [0.3, 0.4) is 0 Å². The molecule has 1 aliphatic rings. The molecule has 3 aromatic heterocycles. The van der Waals surface area contributed by atoms with Crippen LogP contribution < -0.4 is 0 Å². The Balaban J connectivity index is 1.31. The lowest BCUT2D eigenvalue weighted by Crippen LogP contribution is -2.48. The Morgan fingerprint density at radius 1 is 1.04 bits per heavy atom. The van der Waals surface area contributed by atoms with Crippen LogP contribution in [0.2, 0.25) is 0 Å². The second-order valence-corrected chi connectivity index (χ2v) is 6.40. The van der Waals surface area contributed by atoms with Crippen molar-refractivity contribution in [2.24, 2.45) is 0 Å². The molecule has 0 unspecified atom stereocenters. The number of aromatic nitrogens is 3. The SMILES string of the molecule is O=C(c1ccc(Cn2cccn2)o1)N1CCN(Cc2cccnc2)CC1. The van der Waals surface area contributed by atoms with Crippen molar-refractivity contribution in [3.05, 3.63) is 72.2 Å². The number of nitrogens with zero attached hydrogens (tertiary/aromatic N) is 5. The zero-order chi connectivity index (χ0) is 17.8. The van der Waals surface area contributed by atoms with Gasteiger partial charge in [0, 0.05) is 57.5 Å². The molecule has 3 aromatic rings. The number of carbonyl (C=O) groups is 1. The summed E-state index contributed by atoms with van der Waals surface area (Å²) in [6.45, 7) is 4.50. The minimum Gasteiger partial charge on any atom is -0.454 e. The molecule has 1 saturated heterocycles. The van der Waals surface area contributed by atoms with Crippen LogP contribution in [0, 0.1) is 0 Å². The second kappa shape index (κ2) is 7.53. The molecule has 0 aliphatic carbocycles. The fraction of sp³-hybridized carbons (Fsp3) is 0.316. The molecular formula is C19H21N5O2. The van der Waals surface area contributed by atoms with E-state index in [1.807, 2.05) is 35.5 Å². The van der Waals surface area contributed by atoms with Gasteiger partial charge in [0.2, 0.25) is 0 Å². The Morgan fingerprint density at radius 3 is 2.65 bits per heavy atom. The topological polar surface area (TPSA) is 67.4 Å². The molecule has 0 aromatic carbocycles. The maximum atomic E-state index is 12.7. The zero-order valence-corrected chi connectivity index (χ0v) is 14.5. The average molecular weight is 351 g/mol. The number of hydrogen-bond donors (Lipinski definition) is 0. The Bertz CT molecular complexity index is 836. The summed E-state index contributed by atoms with van der Waals surface area (Å²) in [6, 6.07) is 9.48. The molecular weight excluding hydrogens is 330 g/mol. The smallest absolute Gasteiger partial charge is 0.289 e. The molecule has 1 aliphatic heterocycles. The van der Waals surface area contributed by atoms with Gasteiger partial charge in [0.1, 0.15) is 5.76 Å². The van der Waals surface area contributed by atoms with Crippen LogP contribution in [-0.4, -0.2) is 56.7 Å². The van der Waals surface area contributed by atoms with Crippen molar-refractivity contribution >= 4 is 5.91 Å². The van der Waals surface area contributed by atoms with Crippen molar-refractivity contribution in [3.63, 3.8) is 0 Å². The quantitative estimate of drug-likeness (QED) is 0.702. The van der Waals surface area contributed by atoms with Crippen LogP contribution in [0.15, 0.2) is 59.5 Å². The lowest BCUT2D eigenvalue weighted by Gasteiger charge is -2.34. The third kappa shape index (κ3) is 3.83. The summed E-state index contributed by atoms with van der Waals surface area (Å²) < 4.78 is 7.49. The van der Waals surface area contributed by atoms with Crippen molar-refractivity contribution in [2.75, 3.05) is 26.2 Å². The summed E-state index contributed by atoms with van der Waals surface area (Å²) in [6.07, 6.45) is 7.26. The van der Waals surface area contributed by atoms with Gasteiger partial charge in [-0.2, -0.15) is 5.10 Å². The zero-order valence-electron chi connectivity index (χ0n) is 14.5. The monoisotopic (exact) mass is 351 g/mol. The van der Waals surface area contributed by atoms with E-state index < -0.39 is 0 Å². The molecule has 0 N–H and O–H groups in total. The van der Waals surface area contributed by atoms with Crippen LogP contribution in [-0.2, 0) is 13.1 Å². The molecule has 7 nitrogen and oxygen atoms in total. The summed E-state index contributed by atoms with van der Waals surface area (Å²) in [5.74, 6) is 1.08. The highest BCUT2D eigenvalue weighted by atomic mass is 16.4. The van der Waals surface area contributed by atoms with Gasteiger partial charge in [0.05, 0.1) is 6.54 Å². The van der Waals surface area contributed by atoms with Crippen molar-refractivity contribution in [3.8, 4) is 0 Å². The van der Waals surface area contributed by atoms with Crippen molar-refractivity contribution in [2.45, 2.75) is 13.1 Å². The van der Waals surface area contributed by atoms with Crippen LogP contribution in [0.5, 0.6) is 0 Å². The largest absolute Gasteiger partial charge is 0.454 e. The van der Waals surface area contributed by atoms with Crippen LogP contribution in [0.4, 0.5) is 0 Å². The number of piperazine rings is 1. The molecule has 0 radical (unpaired) electrons. The standard InChI is InChI=1S/C19H21N5O2/c25-19(18-5-4-17(26-18)15-24-8-2-7-21-24)23-11-9-22(10-12-23)14-16-3-1-6-20-13-16/h1-8,13H,9-12,14-15H2. The number of amides is 1. The molecule has 0 atom stereocenters. The molecule has 0 bridgehead atoms. The Kier molecular flexibility index (Phi) is 4.79.